The molecule has 5 heteroatoms. The van der Waals surface area contributed by atoms with Gasteiger partial charge in [0.25, 0.3) is 0 Å². The molecule has 1 aromatic carbocycles. The molecular formula is C15H19BrFNO2. The van der Waals surface area contributed by atoms with Gasteiger partial charge >= 0.3 is 5.97 Å². The Morgan fingerprint density at radius 1 is 1.40 bits per heavy atom. The first-order chi connectivity index (χ1) is 9.47. The Labute approximate surface area is 126 Å². The van der Waals surface area contributed by atoms with Crippen LogP contribution in [0.4, 0.5) is 4.39 Å². The van der Waals surface area contributed by atoms with Crippen LogP contribution in [0, 0.1) is 11.7 Å². The summed E-state index contributed by atoms with van der Waals surface area (Å²) in [5, 5.41) is 12.4. The maximum Gasteiger partial charge on any atom is 0.306 e. The summed E-state index contributed by atoms with van der Waals surface area (Å²) >= 11 is 3.25. The van der Waals surface area contributed by atoms with Crippen LogP contribution >= 0.6 is 15.9 Å². The molecule has 0 heterocycles. The summed E-state index contributed by atoms with van der Waals surface area (Å²) in [6, 6.07) is 5.27. The topological polar surface area (TPSA) is 49.3 Å². The van der Waals surface area contributed by atoms with Gasteiger partial charge in [-0.2, -0.15) is 0 Å². The first-order valence-corrected chi connectivity index (χ1v) is 7.70. The van der Waals surface area contributed by atoms with Crippen molar-refractivity contribution in [2.24, 2.45) is 5.92 Å². The molecule has 110 valence electrons. The van der Waals surface area contributed by atoms with Gasteiger partial charge in [0.05, 0.1) is 5.92 Å². The fourth-order valence-corrected chi connectivity index (χ4v) is 3.14. The minimum Gasteiger partial charge on any atom is -0.481 e. The van der Waals surface area contributed by atoms with E-state index in [1.807, 2.05) is 13.0 Å². The first-order valence-electron chi connectivity index (χ1n) is 6.91. The van der Waals surface area contributed by atoms with Gasteiger partial charge in [-0.3, -0.25) is 4.79 Å². The fourth-order valence-electron chi connectivity index (χ4n) is 2.80. The van der Waals surface area contributed by atoms with E-state index in [-0.39, 0.29) is 23.8 Å². The van der Waals surface area contributed by atoms with E-state index in [0.29, 0.717) is 18.4 Å². The zero-order valence-electron chi connectivity index (χ0n) is 11.4. The first kappa shape index (κ1) is 15.4. The van der Waals surface area contributed by atoms with Crippen molar-refractivity contribution >= 4 is 21.9 Å². The number of hydrogen-bond acceptors (Lipinski definition) is 2. The van der Waals surface area contributed by atoms with Crippen LogP contribution in [0.5, 0.6) is 0 Å². The van der Waals surface area contributed by atoms with Crippen molar-refractivity contribution in [1.29, 1.82) is 0 Å². The summed E-state index contributed by atoms with van der Waals surface area (Å²) in [5.74, 6) is -1.14. The van der Waals surface area contributed by atoms with E-state index in [1.54, 1.807) is 6.07 Å². The van der Waals surface area contributed by atoms with Gasteiger partial charge in [-0.05, 0) is 44.7 Å². The molecule has 3 nitrogen and oxygen atoms in total. The Kier molecular flexibility index (Phi) is 5.16. The van der Waals surface area contributed by atoms with Crippen molar-refractivity contribution in [2.75, 3.05) is 0 Å². The molecule has 0 unspecified atom stereocenters. The second-order valence-corrected chi connectivity index (χ2v) is 6.36. The zero-order chi connectivity index (χ0) is 14.7. The number of hydrogen-bond donors (Lipinski definition) is 2. The Bertz CT molecular complexity index is 487. The third kappa shape index (κ3) is 3.79. The van der Waals surface area contributed by atoms with Gasteiger partial charge in [0.2, 0.25) is 0 Å². The molecule has 1 fully saturated rings. The van der Waals surface area contributed by atoms with Gasteiger partial charge in [-0.1, -0.05) is 22.0 Å². The maximum atomic E-state index is 13.9. The molecule has 1 aliphatic carbocycles. The summed E-state index contributed by atoms with van der Waals surface area (Å²) < 4.78 is 14.6. The molecule has 1 aromatic rings. The molecule has 0 radical (unpaired) electrons. The molecule has 0 bridgehead atoms. The lowest BCUT2D eigenvalue weighted by atomic mass is 9.85. The monoisotopic (exact) mass is 343 g/mol. The molecule has 0 aliphatic heterocycles. The highest BCUT2D eigenvalue weighted by Gasteiger charge is 2.27. The standard InChI is InChI=1S/C15H19BrFNO2/c1-9(13-7-4-11(16)8-14(13)17)18-12-5-2-10(3-6-12)15(19)20/h4,7-10,12,18H,2-3,5-6H2,1H3,(H,19,20)/t9-,10?,12?/m1/s1. The lowest BCUT2D eigenvalue weighted by Crippen LogP contribution is -2.36. The minimum absolute atomic E-state index is 0.0746. The highest BCUT2D eigenvalue weighted by Crippen LogP contribution is 2.27. The summed E-state index contributed by atoms with van der Waals surface area (Å²) in [4.78, 5) is 10.9. The van der Waals surface area contributed by atoms with Crippen molar-refractivity contribution in [1.82, 2.24) is 5.32 Å². The van der Waals surface area contributed by atoms with E-state index in [2.05, 4.69) is 21.2 Å². The zero-order valence-corrected chi connectivity index (χ0v) is 13.0. The molecule has 2 rings (SSSR count). The lowest BCUT2D eigenvalue weighted by molar-refractivity contribution is -0.142. The van der Waals surface area contributed by atoms with Gasteiger partial charge in [-0.15, -0.1) is 0 Å². The third-order valence-electron chi connectivity index (χ3n) is 3.99. The van der Waals surface area contributed by atoms with Crippen molar-refractivity contribution in [2.45, 2.75) is 44.7 Å². The van der Waals surface area contributed by atoms with Gasteiger partial charge < -0.3 is 10.4 Å². The second kappa shape index (κ2) is 6.68. The van der Waals surface area contributed by atoms with Crippen LogP contribution in [-0.4, -0.2) is 17.1 Å². The number of benzene rings is 1. The van der Waals surface area contributed by atoms with Crippen LogP contribution in [0.1, 0.15) is 44.2 Å². The number of carboxylic acids is 1. The van der Waals surface area contributed by atoms with E-state index in [9.17, 15) is 9.18 Å². The fraction of sp³-hybridized carbons (Fsp3) is 0.533. The molecule has 0 spiro atoms. The Morgan fingerprint density at radius 2 is 2.05 bits per heavy atom. The Balaban J connectivity index is 1.92. The molecule has 2 N–H and O–H groups in total. The lowest BCUT2D eigenvalue weighted by Gasteiger charge is -2.29. The van der Waals surface area contributed by atoms with Gasteiger partial charge in [-0.25, -0.2) is 4.39 Å². The van der Waals surface area contributed by atoms with Crippen LogP contribution in [0.2, 0.25) is 0 Å². The van der Waals surface area contributed by atoms with Crippen molar-refractivity contribution < 1.29 is 14.3 Å². The predicted molar refractivity (Wildman–Crippen MR) is 79.0 cm³/mol. The van der Waals surface area contributed by atoms with E-state index < -0.39 is 5.97 Å². The Morgan fingerprint density at radius 3 is 2.60 bits per heavy atom. The molecule has 0 aromatic heterocycles. The molecule has 0 saturated heterocycles. The SMILES string of the molecule is C[C@@H](NC1CCC(C(=O)O)CC1)c1ccc(Br)cc1F. The number of rotatable bonds is 4. The highest BCUT2D eigenvalue weighted by atomic mass is 79.9. The smallest absolute Gasteiger partial charge is 0.306 e. The second-order valence-electron chi connectivity index (χ2n) is 5.44. The molecule has 0 amide bonds. The third-order valence-corrected chi connectivity index (χ3v) is 4.48. The van der Waals surface area contributed by atoms with Gasteiger partial charge in [0, 0.05) is 22.1 Å². The number of halogens is 2. The van der Waals surface area contributed by atoms with Gasteiger partial charge in [0.1, 0.15) is 5.82 Å². The maximum absolute atomic E-state index is 13.9. The van der Waals surface area contributed by atoms with Crippen LogP contribution in [0.25, 0.3) is 0 Å². The molecular weight excluding hydrogens is 325 g/mol. The van der Waals surface area contributed by atoms with Crippen LogP contribution in [-0.2, 0) is 4.79 Å². The minimum atomic E-state index is -0.699. The normalized spacial score (nSPS) is 24.4. The van der Waals surface area contributed by atoms with Crippen LogP contribution < -0.4 is 5.32 Å². The molecule has 20 heavy (non-hydrogen) atoms. The van der Waals surface area contributed by atoms with Crippen molar-refractivity contribution in [3.05, 3.63) is 34.1 Å². The molecule has 1 saturated carbocycles. The van der Waals surface area contributed by atoms with E-state index in [1.165, 1.54) is 6.07 Å². The van der Waals surface area contributed by atoms with E-state index >= 15 is 0 Å². The average molecular weight is 344 g/mol. The number of nitrogens with one attached hydrogen (secondary N) is 1. The van der Waals surface area contributed by atoms with Crippen LogP contribution in [0.15, 0.2) is 22.7 Å². The summed E-state index contributed by atoms with van der Waals surface area (Å²) in [7, 11) is 0. The number of aliphatic carboxylic acids is 1. The van der Waals surface area contributed by atoms with Gasteiger partial charge in [0.15, 0.2) is 0 Å². The van der Waals surface area contributed by atoms with Crippen molar-refractivity contribution in [3.8, 4) is 0 Å². The van der Waals surface area contributed by atoms with E-state index in [4.69, 9.17) is 5.11 Å². The largest absolute Gasteiger partial charge is 0.481 e. The van der Waals surface area contributed by atoms with Crippen LogP contribution in [0.3, 0.4) is 0 Å². The Hall–Kier alpha value is -0.940. The summed E-state index contributed by atoms with van der Waals surface area (Å²) in [6.07, 6.45) is 3.06. The molecule has 1 aliphatic rings. The molecule has 1 atom stereocenters. The predicted octanol–water partition coefficient (Wildman–Crippen LogP) is 3.88. The number of carbonyl (C=O) groups is 1. The summed E-state index contributed by atoms with van der Waals surface area (Å²) in [5.41, 5.74) is 0.647. The number of carboxylic acid groups (broad SMARTS) is 1. The highest BCUT2D eigenvalue weighted by molar-refractivity contribution is 9.10. The quantitative estimate of drug-likeness (QED) is 0.871. The van der Waals surface area contributed by atoms with E-state index in [0.717, 1.165) is 17.3 Å². The van der Waals surface area contributed by atoms with Crippen molar-refractivity contribution in [3.63, 3.8) is 0 Å². The summed E-state index contributed by atoms with van der Waals surface area (Å²) in [6.45, 7) is 1.94. The average Bonchev–Trinajstić information content (AvgIpc) is 2.39.